The third-order valence-corrected chi connectivity index (χ3v) is 2.97. The van der Waals surface area contributed by atoms with Crippen LogP contribution in [0.15, 0.2) is 6.20 Å². The molecule has 1 atom stereocenters. The monoisotopic (exact) mass is 285 g/mol. The van der Waals surface area contributed by atoms with E-state index >= 15 is 0 Å². The molecule has 1 aromatic heterocycles. The molecule has 1 aromatic rings. The van der Waals surface area contributed by atoms with E-state index in [0.29, 0.717) is 12.4 Å². The van der Waals surface area contributed by atoms with E-state index < -0.39 is 0 Å². The van der Waals surface area contributed by atoms with Gasteiger partial charge in [0.2, 0.25) is 0 Å². The van der Waals surface area contributed by atoms with Gasteiger partial charge in [0.1, 0.15) is 11.5 Å². The number of hydrogen-bond acceptors (Lipinski definition) is 4. The summed E-state index contributed by atoms with van der Waals surface area (Å²) in [5.74, 6) is 0.456. The number of amides is 1. The summed E-state index contributed by atoms with van der Waals surface area (Å²) >= 11 is 5.98. The van der Waals surface area contributed by atoms with Crippen molar-refractivity contribution in [1.29, 1.82) is 0 Å². The highest BCUT2D eigenvalue weighted by atomic mass is 35.5. The topological polar surface area (TPSA) is 64.1 Å². The Morgan fingerprint density at radius 3 is 2.74 bits per heavy atom. The number of halogens is 1. The smallest absolute Gasteiger partial charge is 0.271 e. The van der Waals surface area contributed by atoms with Gasteiger partial charge in [0.25, 0.3) is 5.91 Å². The summed E-state index contributed by atoms with van der Waals surface area (Å²) in [7, 11) is 1.60. The van der Waals surface area contributed by atoms with Crippen LogP contribution in [0, 0.1) is 0 Å². The summed E-state index contributed by atoms with van der Waals surface area (Å²) < 4.78 is 5.04. The van der Waals surface area contributed by atoms with E-state index in [0.717, 1.165) is 6.42 Å². The summed E-state index contributed by atoms with van der Waals surface area (Å²) in [6.45, 7) is 6.36. The number of nitrogens with zero attached hydrogens (tertiary/aromatic N) is 2. The molecule has 0 saturated heterocycles. The zero-order chi connectivity index (χ0) is 14.4. The Bertz CT molecular complexity index is 438. The largest absolute Gasteiger partial charge is 0.383 e. The zero-order valence-electron chi connectivity index (χ0n) is 11.7. The maximum Gasteiger partial charge on any atom is 0.271 e. The number of aromatic nitrogens is 2. The second-order valence-corrected chi connectivity index (χ2v) is 5.02. The second-order valence-electron chi connectivity index (χ2n) is 4.61. The number of carbonyl (C=O) groups is 1. The number of ether oxygens (including phenoxy) is 1. The molecule has 0 bridgehead atoms. The van der Waals surface area contributed by atoms with E-state index in [9.17, 15) is 4.79 Å². The van der Waals surface area contributed by atoms with Gasteiger partial charge in [-0.15, -0.1) is 0 Å². The first-order valence-corrected chi connectivity index (χ1v) is 6.69. The van der Waals surface area contributed by atoms with Crippen LogP contribution in [0.5, 0.6) is 0 Å². The molecule has 0 aliphatic heterocycles. The lowest BCUT2D eigenvalue weighted by Crippen LogP contribution is -2.38. The summed E-state index contributed by atoms with van der Waals surface area (Å²) in [6, 6.07) is -0.0500. The standard InChI is InChI=1S/C13H20ClN3O2/c1-5-9(7-19-4)16-13(18)11-10(14)6-15-12(17-11)8(2)3/h6,8-9H,5,7H2,1-4H3,(H,16,18). The first kappa shape index (κ1) is 15.9. The molecule has 1 heterocycles. The van der Waals surface area contributed by atoms with Crippen molar-refractivity contribution < 1.29 is 9.53 Å². The Morgan fingerprint density at radius 2 is 2.21 bits per heavy atom. The van der Waals surface area contributed by atoms with Gasteiger partial charge in [0.05, 0.1) is 23.9 Å². The zero-order valence-corrected chi connectivity index (χ0v) is 12.5. The summed E-state index contributed by atoms with van der Waals surface area (Å²) in [6.07, 6.45) is 2.25. The average Bonchev–Trinajstić information content (AvgIpc) is 2.38. The molecule has 0 aromatic carbocycles. The Balaban J connectivity index is 2.89. The van der Waals surface area contributed by atoms with Crippen molar-refractivity contribution in [2.45, 2.75) is 39.2 Å². The molecule has 19 heavy (non-hydrogen) atoms. The van der Waals surface area contributed by atoms with Crippen LogP contribution in [-0.4, -0.2) is 35.6 Å². The van der Waals surface area contributed by atoms with E-state index in [1.165, 1.54) is 6.20 Å². The summed E-state index contributed by atoms with van der Waals surface area (Å²) in [4.78, 5) is 20.5. The minimum atomic E-state index is -0.293. The van der Waals surface area contributed by atoms with Gasteiger partial charge in [-0.25, -0.2) is 9.97 Å². The number of methoxy groups -OCH3 is 1. The van der Waals surface area contributed by atoms with Gasteiger partial charge in [0.15, 0.2) is 0 Å². The van der Waals surface area contributed by atoms with Crippen molar-refractivity contribution in [3.05, 3.63) is 22.7 Å². The summed E-state index contributed by atoms with van der Waals surface area (Å²) in [5, 5.41) is 3.11. The molecule has 1 amide bonds. The fourth-order valence-electron chi connectivity index (χ4n) is 1.53. The quantitative estimate of drug-likeness (QED) is 0.872. The lowest BCUT2D eigenvalue weighted by molar-refractivity contribution is 0.0889. The number of hydrogen-bond donors (Lipinski definition) is 1. The van der Waals surface area contributed by atoms with Crippen LogP contribution in [0.4, 0.5) is 0 Å². The molecule has 0 fully saturated rings. The van der Waals surface area contributed by atoms with Crippen LogP contribution >= 0.6 is 11.6 Å². The van der Waals surface area contributed by atoms with Crippen molar-refractivity contribution in [2.75, 3.05) is 13.7 Å². The summed E-state index contributed by atoms with van der Waals surface area (Å²) in [5.41, 5.74) is 0.218. The number of rotatable bonds is 6. The Hall–Kier alpha value is -1.20. The van der Waals surface area contributed by atoms with Gasteiger partial charge in [-0.1, -0.05) is 32.4 Å². The maximum atomic E-state index is 12.1. The lowest BCUT2D eigenvalue weighted by atomic mass is 10.2. The number of nitrogens with one attached hydrogen (secondary N) is 1. The highest BCUT2D eigenvalue weighted by Crippen LogP contribution is 2.16. The lowest BCUT2D eigenvalue weighted by Gasteiger charge is -2.16. The number of carbonyl (C=O) groups excluding carboxylic acids is 1. The fourth-order valence-corrected chi connectivity index (χ4v) is 1.71. The van der Waals surface area contributed by atoms with E-state index in [4.69, 9.17) is 16.3 Å². The van der Waals surface area contributed by atoms with Crippen LogP contribution in [0.1, 0.15) is 49.4 Å². The maximum absolute atomic E-state index is 12.1. The van der Waals surface area contributed by atoms with Crippen LogP contribution < -0.4 is 5.32 Å². The molecule has 0 saturated carbocycles. The predicted molar refractivity (Wildman–Crippen MR) is 74.6 cm³/mol. The Labute approximate surface area is 118 Å². The van der Waals surface area contributed by atoms with E-state index in [1.807, 2.05) is 20.8 Å². The van der Waals surface area contributed by atoms with Crippen LogP contribution in [0.2, 0.25) is 5.02 Å². The van der Waals surface area contributed by atoms with Crippen molar-refractivity contribution >= 4 is 17.5 Å². The molecule has 1 rings (SSSR count). The molecule has 6 heteroatoms. The van der Waals surface area contributed by atoms with Crippen molar-refractivity contribution in [3.63, 3.8) is 0 Å². The average molecular weight is 286 g/mol. The molecule has 0 spiro atoms. The second kappa shape index (κ2) is 7.40. The first-order chi connectivity index (χ1) is 8.99. The van der Waals surface area contributed by atoms with Gasteiger partial charge in [-0.05, 0) is 6.42 Å². The van der Waals surface area contributed by atoms with Gasteiger partial charge in [-0.2, -0.15) is 0 Å². The molecule has 1 unspecified atom stereocenters. The Kier molecular flexibility index (Phi) is 6.18. The van der Waals surface area contributed by atoms with Gasteiger partial charge < -0.3 is 10.1 Å². The van der Waals surface area contributed by atoms with Crippen LogP contribution in [0.25, 0.3) is 0 Å². The minimum absolute atomic E-state index is 0.0500. The SMILES string of the molecule is CCC(COC)NC(=O)c1nc(C(C)C)ncc1Cl. The molecule has 1 N–H and O–H groups in total. The molecular formula is C13H20ClN3O2. The molecule has 5 nitrogen and oxygen atoms in total. The minimum Gasteiger partial charge on any atom is -0.383 e. The van der Waals surface area contributed by atoms with E-state index in [-0.39, 0.29) is 28.6 Å². The molecular weight excluding hydrogens is 266 g/mol. The van der Waals surface area contributed by atoms with Gasteiger partial charge in [0, 0.05) is 13.0 Å². The molecule has 0 radical (unpaired) electrons. The van der Waals surface area contributed by atoms with Gasteiger partial charge >= 0.3 is 0 Å². The predicted octanol–water partition coefficient (Wildman–Crippen LogP) is 2.41. The fraction of sp³-hybridized carbons (Fsp3) is 0.615. The van der Waals surface area contributed by atoms with Gasteiger partial charge in [-0.3, -0.25) is 4.79 Å². The van der Waals surface area contributed by atoms with E-state index in [1.54, 1.807) is 7.11 Å². The third kappa shape index (κ3) is 4.44. The van der Waals surface area contributed by atoms with Crippen molar-refractivity contribution in [3.8, 4) is 0 Å². The third-order valence-electron chi connectivity index (χ3n) is 2.69. The highest BCUT2D eigenvalue weighted by Gasteiger charge is 2.18. The molecule has 0 aliphatic rings. The van der Waals surface area contributed by atoms with E-state index in [2.05, 4.69) is 15.3 Å². The first-order valence-electron chi connectivity index (χ1n) is 6.31. The highest BCUT2D eigenvalue weighted by molar-refractivity contribution is 6.33. The molecule has 106 valence electrons. The van der Waals surface area contributed by atoms with Crippen molar-refractivity contribution in [1.82, 2.24) is 15.3 Å². The van der Waals surface area contributed by atoms with Crippen LogP contribution in [-0.2, 0) is 4.74 Å². The Morgan fingerprint density at radius 1 is 1.53 bits per heavy atom. The normalized spacial score (nSPS) is 12.5. The van der Waals surface area contributed by atoms with Crippen LogP contribution in [0.3, 0.4) is 0 Å². The van der Waals surface area contributed by atoms with Crippen molar-refractivity contribution in [2.24, 2.45) is 0 Å². The molecule has 0 aliphatic carbocycles.